The van der Waals surface area contributed by atoms with Crippen LogP contribution in [0.1, 0.15) is 16.7 Å². The highest BCUT2D eigenvalue weighted by Crippen LogP contribution is 2.33. The van der Waals surface area contributed by atoms with Gasteiger partial charge in [0.2, 0.25) is 0 Å². The first-order valence-electron chi connectivity index (χ1n) is 6.42. The third kappa shape index (κ3) is 3.08. The van der Waals surface area contributed by atoms with Gasteiger partial charge < -0.3 is 10.6 Å². The monoisotopic (exact) mass is 291 g/mol. The summed E-state index contributed by atoms with van der Waals surface area (Å²) in [5.74, 6) is 0. The van der Waals surface area contributed by atoms with Gasteiger partial charge in [0.1, 0.15) is 11.4 Å². The van der Waals surface area contributed by atoms with Crippen LogP contribution in [0.25, 0.3) is 0 Å². The number of thiophene rings is 1. The maximum atomic E-state index is 11.2. The lowest BCUT2D eigenvalue weighted by molar-refractivity contribution is -0.383. The van der Waals surface area contributed by atoms with Gasteiger partial charge in [-0.1, -0.05) is 13.0 Å². The number of anilines is 2. The van der Waals surface area contributed by atoms with Crippen LogP contribution in [-0.4, -0.2) is 12.0 Å². The van der Waals surface area contributed by atoms with Crippen LogP contribution in [0.15, 0.2) is 30.3 Å². The molecule has 0 radical (unpaired) electrons. The SMILES string of the molecule is CCc1ccc(CNc2cccc(NC)c2[N+](=O)[O-])s1. The van der Waals surface area contributed by atoms with E-state index in [1.807, 2.05) is 0 Å². The van der Waals surface area contributed by atoms with E-state index in [4.69, 9.17) is 0 Å². The fourth-order valence-electron chi connectivity index (χ4n) is 1.97. The third-order valence-electron chi connectivity index (χ3n) is 3.01. The lowest BCUT2D eigenvalue weighted by Crippen LogP contribution is -2.04. The van der Waals surface area contributed by atoms with Crippen molar-refractivity contribution in [1.82, 2.24) is 0 Å². The number of hydrogen-bond donors (Lipinski definition) is 2. The van der Waals surface area contributed by atoms with Gasteiger partial charge >= 0.3 is 5.69 Å². The summed E-state index contributed by atoms with van der Waals surface area (Å²) < 4.78 is 0. The molecule has 2 aromatic rings. The standard InChI is InChI=1S/C14H17N3O2S/c1-3-10-7-8-11(20-10)9-16-13-6-4-5-12(15-2)14(13)17(18)19/h4-8,15-16H,3,9H2,1-2H3. The fraction of sp³-hybridized carbons (Fsp3) is 0.286. The van der Waals surface area contributed by atoms with E-state index in [-0.39, 0.29) is 10.6 Å². The summed E-state index contributed by atoms with van der Waals surface area (Å²) in [6.45, 7) is 2.71. The number of aryl methyl sites for hydroxylation is 1. The molecule has 0 spiro atoms. The normalized spacial score (nSPS) is 10.3. The predicted molar refractivity (Wildman–Crippen MR) is 83.7 cm³/mol. The number of nitro benzene ring substituents is 1. The van der Waals surface area contributed by atoms with Crippen molar-refractivity contribution in [3.05, 3.63) is 50.2 Å². The van der Waals surface area contributed by atoms with Crippen molar-refractivity contribution < 1.29 is 4.92 Å². The van der Waals surface area contributed by atoms with E-state index in [1.54, 1.807) is 36.6 Å². The molecule has 0 aliphatic carbocycles. The van der Waals surface area contributed by atoms with Crippen molar-refractivity contribution in [2.24, 2.45) is 0 Å². The number of nitrogens with one attached hydrogen (secondary N) is 2. The average molecular weight is 291 g/mol. The second-order valence-electron chi connectivity index (χ2n) is 4.28. The van der Waals surface area contributed by atoms with Gasteiger partial charge in [-0.2, -0.15) is 0 Å². The van der Waals surface area contributed by atoms with Crippen molar-refractivity contribution in [1.29, 1.82) is 0 Å². The van der Waals surface area contributed by atoms with Crippen molar-refractivity contribution in [2.45, 2.75) is 19.9 Å². The van der Waals surface area contributed by atoms with Gasteiger partial charge in [-0.15, -0.1) is 11.3 Å². The molecule has 106 valence electrons. The van der Waals surface area contributed by atoms with Crippen molar-refractivity contribution in [3.63, 3.8) is 0 Å². The Balaban J connectivity index is 2.18. The molecule has 1 heterocycles. The van der Waals surface area contributed by atoms with E-state index in [9.17, 15) is 10.1 Å². The fourth-order valence-corrected chi connectivity index (χ4v) is 2.87. The molecule has 0 unspecified atom stereocenters. The Labute approximate surface area is 121 Å². The predicted octanol–water partition coefficient (Wildman–Crippen LogP) is 3.87. The number of rotatable bonds is 6. The molecule has 0 amide bonds. The first kappa shape index (κ1) is 14.3. The molecule has 2 N–H and O–H groups in total. The molecule has 0 fully saturated rings. The zero-order chi connectivity index (χ0) is 14.5. The van der Waals surface area contributed by atoms with Gasteiger partial charge in [-0.3, -0.25) is 10.1 Å². The number of nitrogens with zero attached hydrogens (tertiary/aromatic N) is 1. The van der Waals surface area contributed by atoms with E-state index >= 15 is 0 Å². The van der Waals surface area contributed by atoms with Crippen molar-refractivity contribution in [2.75, 3.05) is 17.7 Å². The molecule has 0 saturated carbocycles. The molecule has 2 rings (SSSR count). The summed E-state index contributed by atoms with van der Waals surface area (Å²) in [5.41, 5.74) is 1.14. The summed E-state index contributed by atoms with van der Waals surface area (Å²) in [4.78, 5) is 13.3. The highest BCUT2D eigenvalue weighted by Gasteiger charge is 2.18. The van der Waals surface area contributed by atoms with Gasteiger partial charge in [0.15, 0.2) is 0 Å². The lowest BCUT2D eigenvalue weighted by Gasteiger charge is -2.09. The van der Waals surface area contributed by atoms with Gasteiger partial charge in [-0.25, -0.2) is 0 Å². The van der Waals surface area contributed by atoms with Gasteiger partial charge in [-0.05, 0) is 30.7 Å². The molecule has 0 aliphatic rings. The Hall–Kier alpha value is -2.08. The topological polar surface area (TPSA) is 67.2 Å². The summed E-state index contributed by atoms with van der Waals surface area (Å²) in [7, 11) is 1.68. The van der Waals surface area contributed by atoms with Crippen LogP contribution in [-0.2, 0) is 13.0 Å². The van der Waals surface area contributed by atoms with Crippen LogP contribution in [0.3, 0.4) is 0 Å². The summed E-state index contributed by atoms with van der Waals surface area (Å²) >= 11 is 1.73. The van der Waals surface area contributed by atoms with Gasteiger partial charge in [0, 0.05) is 23.3 Å². The zero-order valence-corrected chi connectivity index (χ0v) is 12.3. The van der Waals surface area contributed by atoms with E-state index in [0.717, 1.165) is 6.42 Å². The van der Waals surface area contributed by atoms with Crippen LogP contribution in [0.2, 0.25) is 0 Å². The molecule has 1 aromatic carbocycles. The molecule has 0 aliphatic heterocycles. The number of benzene rings is 1. The van der Waals surface area contributed by atoms with Crippen molar-refractivity contribution >= 4 is 28.4 Å². The van der Waals surface area contributed by atoms with E-state index < -0.39 is 0 Å². The maximum absolute atomic E-state index is 11.2. The molecule has 0 atom stereocenters. The van der Waals surface area contributed by atoms with Gasteiger partial charge in [0.05, 0.1) is 4.92 Å². The first-order chi connectivity index (χ1) is 9.65. The van der Waals surface area contributed by atoms with Crippen LogP contribution >= 0.6 is 11.3 Å². The third-order valence-corrected chi connectivity index (χ3v) is 4.24. The number of nitro groups is 1. The minimum Gasteiger partial charge on any atom is -0.382 e. The Morgan fingerprint density at radius 3 is 2.50 bits per heavy atom. The quantitative estimate of drug-likeness (QED) is 0.626. The Bertz CT molecular complexity index is 610. The van der Waals surface area contributed by atoms with E-state index in [0.29, 0.717) is 17.9 Å². The van der Waals surface area contributed by atoms with Crippen molar-refractivity contribution in [3.8, 4) is 0 Å². The highest BCUT2D eigenvalue weighted by atomic mass is 32.1. The van der Waals surface area contributed by atoms with Crippen LogP contribution < -0.4 is 10.6 Å². The summed E-state index contributed by atoms with van der Waals surface area (Å²) in [6, 6.07) is 9.38. The second-order valence-corrected chi connectivity index (χ2v) is 5.54. The zero-order valence-electron chi connectivity index (χ0n) is 11.5. The molecule has 6 heteroatoms. The molecule has 0 bridgehead atoms. The Morgan fingerprint density at radius 1 is 1.20 bits per heavy atom. The maximum Gasteiger partial charge on any atom is 0.315 e. The van der Waals surface area contributed by atoms with E-state index in [2.05, 4.69) is 29.7 Å². The average Bonchev–Trinajstić information content (AvgIpc) is 2.92. The highest BCUT2D eigenvalue weighted by molar-refractivity contribution is 7.12. The number of para-hydroxylation sites is 1. The number of hydrogen-bond acceptors (Lipinski definition) is 5. The van der Waals surface area contributed by atoms with Crippen LogP contribution in [0.5, 0.6) is 0 Å². The van der Waals surface area contributed by atoms with Gasteiger partial charge in [0.25, 0.3) is 0 Å². The summed E-state index contributed by atoms with van der Waals surface area (Å²) in [6.07, 6.45) is 1.01. The molecule has 0 saturated heterocycles. The minimum absolute atomic E-state index is 0.0854. The smallest absolute Gasteiger partial charge is 0.315 e. The minimum atomic E-state index is -0.361. The lowest BCUT2D eigenvalue weighted by atomic mass is 10.2. The molecule has 5 nitrogen and oxygen atoms in total. The first-order valence-corrected chi connectivity index (χ1v) is 7.24. The summed E-state index contributed by atoms with van der Waals surface area (Å²) in [5, 5.41) is 17.2. The second kappa shape index (κ2) is 6.38. The molecular formula is C14H17N3O2S. The van der Waals surface area contributed by atoms with E-state index in [1.165, 1.54) is 9.75 Å². The molecule has 1 aromatic heterocycles. The molecule has 20 heavy (non-hydrogen) atoms. The van der Waals surface area contributed by atoms with Crippen LogP contribution in [0.4, 0.5) is 17.1 Å². The van der Waals surface area contributed by atoms with Crippen LogP contribution in [0, 0.1) is 10.1 Å². The molecular weight excluding hydrogens is 274 g/mol. The Kier molecular flexibility index (Phi) is 4.57. The largest absolute Gasteiger partial charge is 0.382 e. The Morgan fingerprint density at radius 2 is 1.90 bits per heavy atom.